The second kappa shape index (κ2) is 6.31. The SMILES string of the molecule is CS(=O)(=O)[C@@H](CSSN1C(=O)c2ccccc2C1=O)C(=O)O. The molecule has 2 rings (SSSR count). The zero-order valence-corrected chi connectivity index (χ0v) is 13.7. The van der Waals surface area contributed by atoms with E-state index in [1.54, 1.807) is 12.1 Å². The highest BCUT2D eigenvalue weighted by Gasteiger charge is 2.37. The van der Waals surface area contributed by atoms with E-state index in [-0.39, 0.29) is 16.9 Å². The molecule has 0 saturated heterocycles. The summed E-state index contributed by atoms with van der Waals surface area (Å²) in [5, 5.41) is 7.31. The standard InChI is InChI=1S/C12H11NO6S3/c1-22(18,19)9(12(16)17)6-20-21-13-10(14)7-4-2-3-5-8(7)11(13)15/h2-5,9H,6H2,1H3,(H,16,17)/t9-/m0/s1. The van der Waals surface area contributed by atoms with Gasteiger partial charge in [0.15, 0.2) is 15.1 Å². The predicted octanol–water partition coefficient (Wildman–Crippen LogP) is 1.08. The second-order valence-electron chi connectivity index (χ2n) is 4.47. The van der Waals surface area contributed by atoms with E-state index in [1.807, 2.05) is 0 Å². The minimum Gasteiger partial charge on any atom is -0.480 e. The highest BCUT2D eigenvalue weighted by Crippen LogP contribution is 2.35. The number of rotatable bonds is 6. The first-order valence-electron chi connectivity index (χ1n) is 5.92. The van der Waals surface area contributed by atoms with Crippen LogP contribution in [0.3, 0.4) is 0 Å². The molecule has 1 aliphatic heterocycles. The largest absolute Gasteiger partial charge is 0.480 e. The Kier molecular flexibility index (Phi) is 4.83. The van der Waals surface area contributed by atoms with Crippen molar-refractivity contribution in [1.82, 2.24) is 4.31 Å². The lowest BCUT2D eigenvalue weighted by Crippen LogP contribution is -2.31. The van der Waals surface area contributed by atoms with E-state index in [9.17, 15) is 22.8 Å². The molecule has 0 spiro atoms. The number of fused-ring (bicyclic) bond motifs is 1. The van der Waals surface area contributed by atoms with Gasteiger partial charge in [0.05, 0.1) is 11.1 Å². The molecule has 10 heteroatoms. The van der Waals surface area contributed by atoms with Crippen LogP contribution < -0.4 is 0 Å². The number of sulfone groups is 1. The third-order valence-corrected chi connectivity index (χ3v) is 6.74. The van der Waals surface area contributed by atoms with Gasteiger partial charge in [-0.2, -0.15) is 0 Å². The zero-order chi connectivity index (χ0) is 16.5. The molecule has 22 heavy (non-hydrogen) atoms. The highest BCUT2D eigenvalue weighted by molar-refractivity contribution is 8.76. The van der Waals surface area contributed by atoms with Crippen molar-refractivity contribution in [3.63, 3.8) is 0 Å². The van der Waals surface area contributed by atoms with Crippen molar-refractivity contribution in [1.29, 1.82) is 0 Å². The Balaban J connectivity index is 2.04. The van der Waals surface area contributed by atoms with Crippen molar-refractivity contribution < 1.29 is 27.9 Å². The second-order valence-corrected chi connectivity index (χ2v) is 8.93. The van der Waals surface area contributed by atoms with Gasteiger partial charge < -0.3 is 5.11 Å². The number of nitrogens with zero attached hydrogens (tertiary/aromatic N) is 1. The Hall–Kier alpha value is -1.52. The Morgan fingerprint density at radius 2 is 1.73 bits per heavy atom. The van der Waals surface area contributed by atoms with E-state index in [0.29, 0.717) is 0 Å². The van der Waals surface area contributed by atoms with Gasteiger partial charge in [0, 0.05) is 23.0 Å². The lowest BCUT2D eigenvalue weighted by molar-refractivity contribution is -0.136. The summed E-state index contributed by atoms with van der Waals surface area (Å²) in [4.78, 5) is 35.0. The molecule has 118 valence electrons. The monoisotopic (exact) mass is 361 g/mol. The third-order valence-electron chi connectivity index (χ3n) is 2.90. The highest BCUT2D eigenvalue weighted by atomic mass is 33.1. The Labute approximate surface area is 134 Å². The van der Waals surface area contributed by atoms with Crippen molar-refractivity contribution in [3.05, 3.63) is 35.4 Å². The van der Waals surface area contributed by atoms with Crippen LogP contribution >= 0.6 is 21.8 Å². The average Bonchev–Trinajstić information content (AvgIpc) is 2.66. The van der Waals surface area contributed by atoms with Gasteiger partial charge >= 0.3 is 5.97 Å². The van der Waals surface area contributed by atoms with E-state index in [0.717, 1.165) is 32.3 Å². The molecule has 2 amide bonds. The van der Waals surface area contributed by atoms with Gasteiger partial charge in [-0.3, -0.25) is 14.4 Å². The van der Waals surface area contributed by atoms with Crippen LogP contribution in [-0.2, 0) is 14.6 Å². The zero-order valence-electron chi connectivity index (χ0n) is 11.3. The summed E-state index contributed by atoms with van der Waals surface area (Å²) in [5.41, 5.74) is 0.553. The topological polar surface area (TPSA) is 109 Å². The van der Waals surface area contributed by atoms with Crippen LogP contribution in [0.15, 0.2) is 24.3 Å². The average molecular weight is 361 g/mol. The number of amides is 2. The Morgan fingerprint density at radius 3 is 2.14 bits per heavy atom. The summed E-state index contributed by atoms with van der Waals surface area (Å²) in [6.45, 7) is 0. The smallest absolute Gasteiger partial charge is 0.322 e. The lowest BCUT2D eigenvalue weighted by Gasteiger charge is -2.13. The molecule has 0 fully saturated rings. The van der Waals surface area contributed by atoms with E-state index in [2.05, 4.69) is 0 Å². The number of hydrogen-bond donors (Lipinski definition) is 1. The number of aliphatic carboxylic acids is 1. The molecule has 0 radical (unpaired) electrons. The van der Waals surface area contributed by atoms with Crippen molar-refractivity contribution in [2.45, 2.75) is 5.25 Å². The number of imide groups is 1. The molecule has 1 aromatic carbocycles. The fourth-order valence-corrected chi connectivity index (χ4v) is 5.65. The number of hydrogen-bond acceptors (Lipinski definition) is 7. The van der Waals surface area contributed by atoms with E-state index >= 15 is 0 Å². The first-order chi connectivity index (χ1) is 10.2. The number of carboxylic acids is 1. The van der Waals surface area contributed by atoms with Crippen molar-refractivity contribution in [2.75, 3.05) is 12.0 Å². The third kappa shape index (κ3) is 3.28. The van der Waals surface area contributed by atoms with Gasteiger partial charge in [-0.25, -0.2) is 12.7 Å². The maximum Gasteiger partial charge on any atom is 0.322 e. The molecule has 0 aliphatic carbocycles. The van der Waals surface area contributed by atoms with Gasteiger partial charge in [0.1, 0.15) is 0 Å². The van der Waals surface area contributed by atoms with E-state index in [4.69, 9.17) is 5.11 Å². The normalized spacial score (nSPS) is 15.8. The molecule has 0 aromatic heterocycles. The quantitative estimate of drug-likeness (QED) is 0.455. The summed E-state index contributed by atoms with van der Waals surface area (Å²) < 4.78 is 23.6. The first kappa shape index (κ1) is 16.8. The van der Waals surface area contributed by atoms with Crippen LogP contribution in [0.1, 0.15) is 20.7 Å². The molecule has 0 unspecified atom stereocenters. The molecule has 1 atom stereocenters. The van der Waals surface area contributed by atoms with Crippen LogP contribution in [0.2, 0.25) is 0 Å². The van der Waals surface area contributed by atoms with Gasteiger partial charge in [0.2, 0.25) is 0 Å². The summed E-state index contributed by atoms with van der Waals surface area (Å²) >= 11 is 0. The fourth-order valence-electron chi connectivity index (χ4n) is 1.76. The minimum atomic E-state index is -3.76. The van der Waals surface area contributed by atoms with Crippen molar-refractivity contribution in [2.24, 2.45) is 0 Å². The van der Waals surface area contributed by atoms with Gasteiger partial charge in [-0.1, -0.05) is 22.9 Å². The lowest BCUT2D eigenvalue weighted by atomic mass is 10.1. The Bertz CT molecular complexity index is 710. The molecule has 1 aromatic rings. The fraction of sp³-hybridized carbons (Fsp3) is 0.250. The van der Waals surface area contributed by atoms with E-state index < -0.39 is 32.9 Å². The summed E-state index contributed by atoms with van der Waals surface area (Å²) in [7, 11) is -2.19. The number of carboxylic acid groups (broad SMARTS) is 1. The van der Waals surface area contributed by atoms with Gasteiger partial charge in [0.25, 0.3) is 11.8 Å². The molecule has 0 saturated carbocycles. The minimum absolute atomic E-state index is 0.272. The maximum atomic E-state index is 12.1. The van der Waals surface area contributed by atoms with E-state index in [1.165, 1.54) is 12.1 Å². The van der Waals surface area contributed by atoms with Gasteiger partial charge in [-0.05, 0) is 12.1 Å². The predicted molar refractivity (Wildman–Crippen MR) is 83.3 cm³/mol. The molecular weight excluding hydrogens is 350 g/mol. The number of carbonyl (C=O) groups is 3. The molecule has 1 heterocycles. The van der Waals surface area contributed by atoms with Crippen LogP contribution in [0.5, 0.6) is 0 Å². The molecule has 1 aliphatic rings. The van der Waals surface area contributed by atoms with Crippen LogP contribution in [0, 0.1) is 0 Å². The molecule has 1 N–H and O–H groups in total. The summed E-state index contributed by atoms with van der Waals surface area (Å²) in [5.74, 6) is -2.72. The number of benzene rings is 1. The van der Waals surface area contributed by atoms with Crippen LogP contribution in [0.4, 0.5) is 0 Å². The first-order valence-corrected chi connectivity index (χ1v) is 10.2. The molecular formula is C12H11NO6S3. The Morgan fingerprint density at radius 1 is 1.23 bits per heavy atom. The van der Waals surface area contributed by atoms with Crippen LogP contribution in [-0.4, -0.2) is 52.9 Å². The van der Waals surface area contributed by atoms with Crippen molar-refractivity contribution in [3.8, 4) is 0 Å². The molecule has 7 nitrogen and oxygen atoms in total. The molecule has 0 bridgehead atoms. The summed E-state index contributed by atoms with van der Waals surface area (Å²) in [6, 6.07) is 6.32. The maximum absolute atomic E-state index is 12.1. The van der Waals surface area contributed by atoms with Crippen molar-refractivity contribution >= 4 is 49.4 Å². The van der Waals surface area contributed by atoms with Gasteiger partial charge in [-0.15, -0.1) is 0 Å². The summed E-state index contributed by atoms with van der Waals surface area (Å²) in [6.07, 6.45) is 0.832. The van der Waals surface area contributed by atoms with Crippen LogP contribution in [0.25, 0.3) is 0 Å². The number of carbonyl (C=O) groups excluding carboxylic acids is 2.